The van der Waals surface area contributed by atoms with Gasteiger partial charge in [0, 0.05) is 0 Å². The van der Waals surface area contributed by atoms with Gasteiger partial charge in [0.2, 0.25) is 0 Å². The Kier molecular flexibility index (Phi) is 11.5. The minimum absolute atomic E-state index is 0.380. The molecular formula is C26H36O4. The summed E-state index contributed by atoms with van der Waals surface area (Å²) in [7, 11) is 0. The van der Waals surface area contributed by atoms with Crippen molar-refractivity contribution < 1.29 is 19.0 Å². The molecule has 0 aliphatic rings. The predicted molar refractivity (Wildman–Crippen MR) is 122 cm³/mol. The molecule has 0 aliphatic heterocycles. The van der Waals surface area contributed by atoms with Crippen LogP contribution >= 0.6 is 0 Å². The minimum atomic E-state index is -0.380. The number of hydrogen-bond acceptors (Lipinski definition) is 4. The molecule has 0 saturated carbocycles. The molecule has 2 aromatic rings. The van der Waals surface area contributed by atoms with Crippen LogP contribution in [-0.4, -0.2) is 19.2 Å². The zero-order chi connectivity index (χ0) is 21.4. The van der Waals surface area contributed by atoms with Gasteiger partial charge in [-0.3, -0.25) is 0 Å². The van der Waals surface area contributed by atoms with Crippen molar-refractivity contribution in [2.24, 2.45) is 0 Å². The van der Waals surface area contributed by atoms with Crippen molar-refractivity contribution in [2.75, 3.05) is 13.2 Å². The molecular weight excluding hydrogens is 376 g/mol. The Balaban J connectivity index is 1.71. The lowest BCUT2D eigenvalue weighted by atomic mass is 10.1. The number of benzene rings is 2. The van der Waals surface area contributed by atoms with Gasteiger partial charge in [0.15, 0.2) is 0 Å². The second-order valence-corrected chi connectivity index (χ2v) is 7.56. The van der Waals surface area contributed by atoms with Crippen LogP contribution in [0.25, 0.3) is 0 Å². The molecule has 0 unspecified atom stereocenters. The average molecular weight is 413 g/mol. The lowest BCUT2D eigenvalue weighted by Gasteiger charge is -2.09. The first-order valence-corrected chi connectivity index (χ1v) is 11.4. The fraction of sp³-hybridized carbons (Fsp3) is 0.500. The summed E-state index contributed by atoms with van der Waals surface area (Å²) < 4.78 is 16.9. The van der Waals surface area contributed by atoms with Gasteiger partial charge in [-0.05, 0) is 61.4 Å². The van der Waals surface area contributed by atoms with Crippen LogP contribution in [0.1, 0.15) is 82.0 Å². The monoisotopic (exact) mass is 412 g/mol. The number of carbonyl (C=O) groups excluding carboxylic acids is 1. The van der Waals surface area contributed by atoms with Gasteiger partial charge in [0.25, 0.3) is 0 Å². The zero-order valence-corrected chi connectivity index (χ0v) is 18.5. The standard InChI is InChI=1S/C26H36O4/c1-3-5-7-8-9-11-21-29-23-14-12-22(13-15-23)26(27)30-25-18-16-24(17-19-25)28-20-10-6-4-2/h12-19H,3-11,20-21H2,1-2H3. The van der Waals surface area contributed by atoms with Gasteiger partial charge in [-0.15, -0.1) is 0 Å². The van der Waals surface area contributed by atoms with Crippen LogP contribution in [0.15, 0.2) is 48.5 Å². The molecule has 4 heteroatoms. The van der Waals surface area contributed by atoms with Crippen molar-refractivity contribution in [2.45, 2.75) is 71.6 Å². The van der Waals surface area contributed by atoms with E-state index in [-0.39, 0.29) is 5.97 Å². The molecule has 0 saturated heterocycles. The van der Waals surface area contributed by atoms with Gasteiger partial charge in [-0.1, -0.05) is 58.8 Å². The molecule has 2 aromatic carbocycles. The van der Waals surface area contributed by atoms with Gasteiger partial charge in [0.05, 0.1) is 18.8 Å². The van der Waals surface area contributed by atoms with E-state index in [9.17, 15) is 4.79 Å². The molecule has 0 amide bonds. The molecule has 0 bridgehead atoms. The maximum atomic E-state index is 12.3. The van der Waals surface area contributed by atoms with E-state index in [1.54, 1.807) is 24.3 Å². The molecule has 164 valence electrons. The topological polar surface area (TPSA) is 44.8 Å². The van der Waals surface area contributed by atoms with Crippen molar-refractivity contribution in [3.8, 4) is 17.2 Å². The summed E-state index contributed by atoms with van der Waals surface area (Å²) in [5.41, 5.74) is 0.502. The highest BCUT2D eigenvalue weighted by Gasteiger charge is 2.09. The molecule has 0 atom stereocenters. The van der Waals surface area contributed by atoms with E-state index in [0.29, 0.717) is 24.5 Å². The number of hydrogen-bond donors (Lipinski definition) is 0. The SMILES string of the molecule is CCCCCCCCOc1ccc(C(=O)Oc2ccc(OCCCCC)cc2)cc1. The third kappa shape index (κ3) is 9.34. The first-order valence-electron chi connectivity index (χ1n) is 11.4. The Morgan fingerprint density at radius 1 is 0.600 bits per heavy atom. The largest absolute Gasteiger partial charge is 0.494 e. The summed E-state index contributed by atoms with van der Waals surface area (Å²) in [6, 6.07) is 14.3. The number of unbranched alkanes of at least 4 members (excludes halogenated alkanes) is 7. The molecule has 0 aliphatic carbocycles. The van der Waals surface area contributed by atoms with Crippen LogP contribution in [0.4, 0.5) is 0 Å². The number of esters is 1. The van der Waals surface area contributed by atoms with E-state index in [2.05, 4.69) is 13.8 Å². The maximum absolute atomic E-state index is 12.3. The molecule has 0 aromatic heterocycles. The van der Waals surface area contributed by atoms with Gasteiger partial charge in [-0.25, -0.2) is 4.79 Å². The Morgan fingerprint density at radius 3 is 1.63 bits per heavy atom. The molecule has 4 nitrogen and oxygen atoms in total. The number of rotatable bonds is 15. The Labute approximate surface area is 181 Å². The van der Waals surface area contributed by atoms with E-state index in [0.717, 1.165) is 24.3 Å². The van der Waals surface area contributed by atoms with E-state index < -0.39 is 0 Å². The number of ether oxygens (including phenoxy) is 3. The smallest absolute Gasteiger partial charge is 0.343 e. The van der Waals surface area contributed by atoms with Gasteiger partial charge in [0.1, 0.15) is 17.2 Å². The highest BCUT2D eigenvalue weighted by Crippen LogP contribution is 2.20. The highest BCUT2D eigenvalue weighted by atomic mass is 16.5. The lowest BCUT2D eigenvalue weighted by Crippen LogP contribution is -2.08. The highest BCUT2D eigenvalue weighted by molar-refractivity contribution is 5.91. The van der Waals surface area contributed by atoms with E-state index in [4.69, 9.17) is 14.2 Å². The van der Waals surface area contributed by atoms with E-state index in [1.807, 2.05) is 24.3 Å². The minimum Gasteiger partial charge on any atom is -0.494 e. The summed E-state index contributed by atoms with van der Waals surface area (Å²) in [4.78, 5) is 12.3. The Morgan fingerprint density at radius 2 is 1.03 bits per heavy atom. The van der Waals surface area contributed by atoms with Crippen molar-refractivity contribution in [1.82, 2.24) is 0 Å². The molecule has 30 heavy (non-hydrogen) atoms. The van der Waals surface area contributed by atoms with Crippen molar-refractivity contribution >= 4 is 5.97 Å². The van der Waals surface area contributed by atoms with Crippen LogP contribution in [-0.2, 0) is 0 Å². The summed E-state index contributed by atoms with van der Waals surface area (Å²) in [6.07, 6.45) is 10.8. The molecule has 2 rings (SSSR count). The Bertz CT molecular complexity index is 707. The van der Waals surface area contributed by atoms with Crippen LogP contribution in [0, 0.1) is 0 Å². The fourth-order valence-electron chi connectivity index (χ4n) is 3.07. The van der Waals surface area contributed by atoms with Crippen LogP contribution in [0.5, 0.6) is 17.2 Å². The van der Waals surface area contributed by atoms with E-state index >= 15 is 0 Å². The quantitative estimate of drug-likeness (QED) is 0.176. The van der Waals surface area contributed by atoms with Crippen molar-refractivity contribution in [3.05, 3.63) is 54.1 Å². The lowest BCUT2D eigenvalue weighted by molar-refractivity contribution is 0.0734. The molecule has 0 N–H and O–H groups in total. The van der Waals surface area contributed by atoms with Crippen LogP contribution < -0.4 is 14.2 Å². The van der Waals surface area contributed by atoms with Crippen molar-refractivity contribution in [1.29, 1.82) is 0 Å². The molecule has 0 radical (unpaired) electrons. The van der Waals surface area contributed by atoms with Crippen LogP contribution in [0.3, 0.4) is 0 Å². The second kappa shape index (κ2) is 14.5. The molecule has 0 heterocycles. The van der Waals surface area contributed by atoms with Crippen molar-refractivity contribution in [3.63, 3.8) is 0 Å². The normalized spacial score (nSPS) is 10.6. The zero-order valence-electron chi connectivity index (χ0n) is 18.5. The fourth-order valence-corrected chi connectivity index (χ4v) is 3.07. The maximum Gasteiger partial charge on any atom is 0.343 e. The van der Waals surface area contributed by atoms with Crippen LogP contribution in [0.2, 0.25) is 0 Å². The summed E-state index contributed by atoms with van der Waals surface area (Å²) in [5, 5.41) is 0. The molecule has 0 spiro atoms. The summed E-state index contributed by atoms with van der Waals surface area (Å²) >= 11 is 0. The first-order chi connectivity index (χ1) is 14.7. The molecule has 0 fully saturated rings. The second-order valence-electron chi connectivity index (χ2n) is 7.56. The summed E-state index contributed by atoms with van der Waals surface area (Å²) in [5.74, 6) is 1.70. The third-order valence-electron chi connectivity index (χ3n) is 4.91. The summed E-state index contributed by atoms with van der Waals surface area (Å²) in [6.45, 7) is 5.81. The van der Waals surface area contributed by atoms with Gasteiger partial charge < -0.3 is 14.2 Å². The predicted octanol–water partition coefficient (Wildman–Crippen LogP) is 7.21. The third-order valence-corrected chi connectivity index (χ3v) is 4.91. The number of carbonyl (C=O) groups is 1. The van der Waals surface area contributed by atoms with E-state index in [1.165, 1.54) is 44.9 Å². The van der Waals surface area contributed by atoms with Gasteiger partial charge >= 0.3 is 5.97 Å². The Hall–Kier alpha value is -2.49. The average Bonchev–Trinajstić information content (AvgIpc) is 2.77. The van der Waals surface area contributed by atoms with Gasteiger partial charge in [-0.2, -0.15) is 0 Å². The first kappa shape index (κ1) is 23.8.